The average Bonchev–Trinajstić information content (AvgIpc) is 3.19. The number of urea groups is 1. The summed E-state index contributed by atoms with van der Waals surface area (Å²) < 4.78 is 45.7. The minimum atomic E-state index is -3.76. The molecule has 3 amide bonds. The van der Waals surface area contributed by atoms with E-state index in [2.05, 4.69) is 10.6 Å². The SMILES string of the molecule is CC(C)CC(=O)CCCC(=O)CCCCOC(=O)CS(=O)(=O)CCCOCCOC(=O)C[C@@H](C(=O)N[C@H](CCCNC(N)=O)C(=O)Cc1ccc(COC(=O)C(C)C)cc1)C(C)C. The number of primary amides is 1. The number of ketones is 3. The van der Waals surface area contributed by atoms with Crippen LogP contribution in [0.25, 0.3) is 0 Å². The van der Waals surface area contributed by atoms with E-state index in [0.29, 0.717) is 62.8 Å². The van der Waals surface area contributed by atoms with Gasteiger partial charge in [0.15, 0.2) is 15.6 Å². The molecule has 0 aliphatic heterocycles. The van der Waals surface area contributed by atoms with Gasteiger partial charge in [0.2, 0.25) is 5.91 Å². The van der Waals surface area contributed by atoms with Crippen LogP contribution in [0.15, 0.2) is 24.3 Å². The number of unbranched alkanes of at least 4 members (excludes halogenated alkanes) is 1. The molecule has 0 fully saturated rings. The molecule has 0 unspecified atom stereocenters. The molecular formula is C45H71N3O14S. The Morgan fingerprint density at radius 3 is 1.95 bits per heavy atom. The highest BCUT2D eigenvalue weighted by Gasteiger charge is 2.30. The highest BCUT2D eigenvalue weighted by atomic mass is 32.2. The molecule has 0 heterocycles. The minimum absolute atomic E-state index is 0.00517. The molecule has 356 valence electrons. The standard InChI is InChI=1S/C45H71N3O14S/c1-31(2)26-37(50)14-9-13-36(49)12-7-8-22-60-42(53)30-63(57,58)25-11-21-59-23-24-61-41(52)28-38(32(3)4)43(54)48-39(15-10-20-47-45(46)56)40(51)27-34-16-18-35(19-17-34)29-62-44(55)33(5)6/h16-19,31-33,38-39H,7-15,20-30H2,1-6H3,(H,48,54)(H3,46,47,56)/t38-,39-/m1/s1. The van der Waals surface area contributed by atoms with Crippen LogP contribution < -0.4 is 16.4 Å². The number of carbonyl (C=O) groups excluding carboxylic acids is 8. The van der Waals surface area contributed by atoms with E-state index in [0.717, 1.165) is 5.56 Å². The maximum Gasteiger partial charge on any atom is 0.321 e. The molecule has 1 rings (SSSR count). The summed E-state index contributed by atoms with van der Waals surface area (Å²) in [6.45, 7) is 11.0. The monoisotopic (exact) mass is 909 g/mol. The van der Waals surface area contributed by atoms with E-state index in [-0.39, 0.29) is 106 Å². The fourth-order valence-corrected chi connectivity index (χ4v) is 7.29. The molecule has 2 atom stereocenters. The first kappa shape index (κ1) is 56.3. The zero-order valence-corrected chi connectivity index (χ0v) is 38.9. The number of nitrogens with two attached hydrogens (primary N) is 1. The molecule has 63 heavy (non-hydrogen) atoms. The summed E-state index contributed by atoms with van der Waals surface area (Å²) in [6, 6.07) is 5.33. The quantitative estimate of drug-likeness (QED) is 0.0481. The topological polar surface area (TPSA) is 258 Å². The number of hydrogen-bond donors (Lipinski definition) is 3. The van der Waals surface area contributed by atoms with Gasteiger partial charge in [0, 0.05) is 45.3 Å². The Hall–Kier alpha value is -4.71. The summed E-state index contributed by atoms with van der Waals surface area (Å²) in [5.41, 5.74) is 6.59. The molecule has 0 aromatic heterocycles. The molecule has 0 aliphatic carbocycles. The third-order valence-electron chi connectivity index (χ3n) is 9.69. The van der Waals surface area contributed by atoms with Crippen molar-refractivity contribution in [2.45, 2.75) is 131 Å². The van der Waals surface area contributed by atoms with Crippen molar-refractivity contribution >= 4 is 57.0 Å². The third kappa shape index (κ3) is 27.9. The van der Waals surface area contributed by atoms with Crippen molar-refractivity contribution in [3.05, 3.63) is 35.4 Å². The van der Waals surface area contributed by atoms with Gasteiger partial charge in [-0.2, -0.15) is 0 Å². The number of nitrogens with one attached hydrogen (secondary N) is 2. The van der Waals surface area contributed by atoms with Crippen LogP contribution in [0.1, 0.15) is 123 Å². The number of amides is 3. The predicted octanol–water partition coefficient (Wildman–Crippen LogP) is 4.53. The fraction of sp³-hybridized carbons (Fsp3) is 0.689. The first-order chi connectivity index (χ1) is 29.7. The van der Waals surface area contributed by atoms with Crippen LogP contribution in [-0.4, -0.2) is 106 Å². The Kier molecular flexibility index (Phi) is 27.9. The Labute approximate surface area is 372 Å². The first-order valence-corrected chi connectivity index (χ1v) is 23.7. The van der Waals surface area contributed by atoms with Gasteiger partial charge in [0.25, 0.3) is 0 Å². The van der Waals surface area contributed by atoms with Gasteiger partial charge in [-0.25, -0.2) is 13.2 Å². The van der Waals surface area contributed by atoms with E-state index in [1.807, 2.05) is 13.8 Å². The zero-order valence-electron chi connectivity index (χ0n) is 38.0. The van der Waals surface area contributed by atoms with E-state index in [9.17, 15) is 46.8 Å². The summed E-state index contributed by atoms with van der Waals surface area (Å²) in [4.78, 5) is 98.5. The van der Waals surface area contributed by atoms with Crippen LogP contribution in [-0.2, 0) is 75.4 Å². The molecular weight excluding hydrogens is 839 g/mol. The first-order valence-electron chi connectivity index (χ1n) is 21.9. The van der Waals surface area contributed by atoms with Gasteiger partial charge in [-0.1, -0.05) is 65.8 Å². The second kappa shape index (κ2) is 31.2. The Bertz CT molecular complexity index is 1730. The predicted molar refractivity (Wildman–Crippen MR) is 235 cm³/mol. The van der Waals surface area contributed by atoms with Crippen molar-refractivity contribution in [2.24, 2.45) is 29.4 Å². The molecule has 18 heteroatoms. The smallest absolute Gasteiger partial charge is 0.321 e. The van der Waals surface area contributed by atoms with Gasteiger partial charge >= 0.3 is 23.9 Å². The van der Waals surface area contributed by atoms with Gasteiger partial charge in [-0.3, -0.25) is 33.6 Å². The van der Waals surface area contributed by atoms with Crippen LogP contribution in [0, 0.1) is 23.7 Å². The lowest BCUT2D eigenvalue weighted by Gasteiger charge is -2.24. The highest BCUT2D eigenvalue weighted by Crippen LogP contribution is 2.18. The van der Waals surface area contributed by atoms with Gasteiger partial charge < -0.3 is 35.3 Å². The number of rotatable bonds is 35. The lowest BCUT2D eigenvalue weighted by Crippen LogP contribution is -2.46. The summed E-state index contributed by atoms with van der Waals surface area (Å²) in [5.74, 6) is -4.70. The van der Waals surface area contributed by atoms with E-state index in [1.165, 1.54) is 0 Å². The molecule has 0 saturated heterocycles. The summed E-state index contributed by atoms with van der Waals surface area (Å²) in [5, 5.41) is 5.25. The van der Waals surface area contributed by atoms with Crippen LogP contribution >= 0.6 is 0 Å². The maximum atomic E-state index is 13.5. The lowest BCUT2D eigenvalue weighted by molar-refractivity contribution is -0.149. The number of Topliss-reactive ketones (excluding diaryl/α,β-unsaturated/α-hetero) is 3. The molecule has 4 N–H and O–H groups in total. The van der Waals surface area contributed by atoms with Crippen LogP contribution in [0.2, 0.25) is 0 Å². The lowest BCUT2D eigenvalue weighted by atomic mass is 9.90. The second-order valence-electron chi connectivity index (χ2n) is 16.8. The molecule has 0 spiro atoms. The molecule has 0 aliphatic rings. The Morgan fingerprint density at radius 1 is 0.683 bits per heavy atom. The zero-order chi connectivity index (χ0) is 47.4. The summed E-state index contributed by atoms with van der Waals surface area (Å²) in [7, 11) is -3.76. The van der Waals surface area contributed by atoms with Crippen molar-refractivity contribution in [2.75, 3.05) is 44.5 Å². The summed E-state index contributed by atoms with van der Waals surface area (Å²) >= 11 is 0. The normalized spacial score (nSPS) is 12.4. The van der Waals surface area contributed by atoms with E-state index >= 15 is 0 Å². The molecule has 1 aromatic carbocycles. The third-order valence-corrected chi connectivity index (χ3v) is 11.3. The van der Waals surface area contributed by atoms with Crippen molar-refractivity contribution < 1.29 is 65.7 Å². The van der Waals surface area contributed by atoms with Gasteiger partial charge in [-0.15, -0.1) is 0 Å². The molecule has 1 aromatic rings. The largest absolute Gasteiger partial charge is 0.465 e. The fourth-order valence-electron chi connectivity index (χ4n) is 6.14. The van der Waals surface area contributed by atoms with Crippen molar-refractivity contribution in [3.8, 4) is 0 Å². The molecule has 0 saturated carbocycles. The van der Waals surface area contributed by atoms with Crippen LogP contribution in [0.4, 0.5) is 4.79 Å². The number of sulfone groups is 1. The highest BCUT2D eigenvalue weighted by molar-refractivity contribution is 7.92. The summed E-state index contributed by atoms with van der Waals surface area (Å²) in [6.07, 6.45) is 3.28. The van der Waals surface area contributed by atoms with E-state index < -0.39 is 51.4 Å². The Balaban J connectivity index is 2.47. The van der Waals surface area contributed by atoms with Gasteiger partial charge in [-0.05, 0) is 61.5 Å². The number of benzene rings is 1. The molecule has 0 bridgehead atoms. The van der Waals surface area contributed by atoms with E-state index in [1.54, 1.807) is 52.0 Å². The second-order valence-corrected chi connectivity index (χ2v) is 18.9. The van der Waals surface area contributed by atoms with Gasteiger partial charge in [0.05, 0.1) is 43.3 Å². The van der Waals surface area contributed by atoms with Crippen molar-refractivity contribution in [1.82, 2.24) is 10.6 Å². The van der Waals surface area contributed by atoms with Gasteiger partial charge in [0.1, 0.15) is 30.5 Å². The number of ether oxygens (including phenoxy) is 4. The van der Waals surface area contributed by atoms with Crippen molar-refractivity contribution in [1.29, 1.82) is 0 Å². The molecule has 0 radical (unpaired) electrons. The number of carbonyl (C=O) groups is 8. The maximum absolute atomic E-state index is 13.5. The molecule has 17 nitrogen and oxygen atoms in total. The van der Waals surface area contributed by atoms with Crippen molar-refractivity contribution in [3.63, 3.8) is 0 Å². The van der Waals surface area contributed by atoms with Crippen LogP contribution in [0.5, 0.6) is 0 Å². The Morgan fingerprint density at radius 2 is 1.32 bits per heavy atom. The number of esters is 3. The number of hydrogen-bond acceptors (Lipinski definition) is 14. The average molecular weight is 910 g/mol. The minimum Gasteiger partial charge on any atom is -0.465 e. The van der Waals surface area contributed by atoms with Crippen LogP contribution in [0.3, 0.4) is 0 Å². The van der Waals surface area contributed by atoms with E-state index in [4.69, 9.17) is 24.7 Å².